The molecule has 25 heavy (non-hydrogen) atoms. The zero-order chi connectivity index (χ0) is 17.4. The third-order valence-corrected chi connectivity index (χ3v) is 4.26. The summed E-state index contributed by atoms with van der Waals surface area (Å²) < 4.78 is 2.95. The third-order valence-electron chi connectivity index (χ3n) is 4.26. The molecule has 0 fully saturated rings. The molecular formula is C19H16N4O2. The van der Waals surface area contributed by atoms with Crippen LogP contribution < -0.4 is 11.4 Å². The topological polar surface area (TPSA) is 85.8 Å². The molecule has 0 aliphatic carbocycles. The molecule has 2 aromatic carbocycles. The number of benzene rings is 2. The Bertz CT molecular complexity index is 1120. The third kappa shape index (κ3) is 2.53. The monoisotopic (exact) mass is 332 g/mol. The fourth-order valence-electron chi connectivity index (χ4n) is 2.99. The van der Waals surface area contributed by atoms with E-state index in [1.165, 1.54) is 15.3 Å². The summed E-state index contributed by atoms with van der Waals surface area (Å²) >= 11 is 0. The van der Waals surface area contributed by atoms with Gasteiger partial charge in [0.05, 0.1) is 12.1 Å². The minimum atomic E-state index is -0.317. The van der Waals surface area contributed by atoms with Crippen LogP contribution in [-0.4, -0.2) is 20.0 Å². The van der Waals surface area contributed by atoms with E-state index in [1.54, 1.807) is 24.4 Å². The van der Waals surface area contributed by atoms with Gasteiger partial charge >= 0.3 is 5.69 Å². The lowest BCUT2D eigenvalue weighted by Crippen LogP contribution is -2.24. The van der Waals surface area contributed by atoms with Crippen LogP contribution in [0.2, 0.25) is 0 Å². The first kappa shape index (κ1) is 15.0. The first-order chi connectivity index (χ1) is 12.1. The van der Waals surface area contributed by atoms with Crippen molar-refractivity contribution in [2.45, 2.75) is 6.54 Å². The zero-order valence-corrected chi connectivity index (χ0v) is 13.3. The molecule has 0 saturated heterocycles. The van der Waals surface area contributed by atoms with Crippen molar-refractivity contribution in [2.75, 3.05) is 5.73 Å². The Morgan fingerprint density at radius 1 is 1.04 bits per heavy atom. The van der Waals surface area contributed by atoms with Crippen LogP contribution in [0.15, 0.2) is 71.8 Å². The first-order valence-corrected chi connectivity index (χ1v) is 7.87. The van der Waals surface area contributed by atoms with Gasteiger partial charge in [-0.2, -0.15) is 0 Å². The van der Waals surface area contributed by atoms with Crippen LogP contribution in [0.3, 0.4) is 0 Å². The normalized spacial score (nSPS) is 11.0. The molecule has 0 spiro atoms. The van der Waals surface area contributed by atoms with Crippen LogP contribution >= 0.6 is 0 Å². The number of rotatable bonds is 3. The minimum Gasteiger partial charge on any atom is -0.398 e. The molecule has 0 bridgehead atoms. The molecule has 2 aromatic heterocycles. The summed E-state index contributed by atoms with van der Waals surface area (Å²) in [4.78, 5) is 27.8. The van der Waals surface area contributed by atoms with E-state index < -0.39 is 0 Å². The Hall–Kier alpha value is -3.54. The Morgan fingerprint density at radius 3 is 2.64 bits per heavy atom. The van der Waals surface area contributed by atoms with Gasteiger partial charge in [0.2, 0.25) is 0 Å². The smallest absolute Gasteiger partial charge is 0.326 e. The molecule has 0 amide bonds. The number of nitrogens with two attached hydrogens (primary N) is 1. The average molecular weight is 332 g/mol. The Labute approximate surface area is 143 Å². The number of aromatic nitrogens is 3. The molecule has 0 aliphatic rings. The van der Waals surface area contributed by atoms with Crippen molar-refractivity contribution in [3.05, 3.63) is 88.7 Å². The number of nitrogen functional groups attached to an aromatic ring is 1. The molecule has 3 N–H and O–H groups in total. The molecule has 0 saturated carbocycles. The van der Waals surface area contributed by atoms with Gasteiger partial charge in [0.25, 0.3) is 5.91 Å². The highest BCUT2D eigenvalue weighted by Gasteiger charge is 2.18. The van der Waals surface area contributed by atoms with Gasteiger partial charge < -0.3 is 10.7 Å². The van der Waals surface area contributed by atoms with Gasteiger partial charge in [-0.05, 0) is 23.8 Å². The predicted molar refractivity (Wildman–Crippen MR) is 96.7 cm³/mol. The van der Waals surface area contributed by atoms with E-state index in [9.17, 15) is 9.59 Å². The van der Waals surface area contributed by atoms with Crippen molar-refractivity contribution in [1.82, 2.24) is 14.1 Å². The van der Waals surface area contributed by atoms with Crippen molar-refractivity contribution >= 4 is 22.5 Å². The summed E-state index contributed by atoms with van der Waals surface area (Å²) in [5.74, 6) is -0.283. The van der Waals surface area contributed by atoms with Crippen molar-refractivity contribution in [1.29, 1.82) is 0 Å². The second-order valence-electron chi connectivity index (χ2n) is 5.82. The molecule has 4 aromatic rings. The lowest BCUT2D eigenvalue weighted by atomic mass is 10.2. The molecule has 6 heteroatoms. The van der Waals surface area contributed by atoms with Gasteiger partial charge in [0, 0.05) is 23.5 Å². The number of fused-ring (bicyclic) bond motifs is 1. The molecule has 4 rings (SSSR count). The predicted octanol–water partition coefficient (Wildman–Crippen LogP) is 2.45. The van der Waals surface area contributed by atoms with E-state index in [2.05, 4.69) is 4.98 Å². The van der Waals surface area contributed by atoms with Gasteiger partial charge in [-0.25, -0.2) is 4.79 Å². The number of nitrogens with one attached hydrogen (secondary N) is 1. The second kappa shape index (κ2) is 5.83. The van der Waals surface area contributed by atoms with Crippen LogP contribution in [0.25, 0.3) is 10.9 Å². The Morgan fingerprint density at radius 2 is 1.84 bits per heavy atom. The van der Waals surface area contributed by atoms with Gasteiger partial charge in [-0.15, -0.1) is 0 Å². The van der Waals surface area contributed by atoms with Crippen molar-refractivity contribution in [3.63, 3.8) is 0 Å². The van der Waals surface area contributed by atoms with Crippen LogP contribution in [0.5, 0.6) is 0 Å². The number of carbonyl (C=O) groups is 1. The number of aromatic amines is 1. The summed E-state index contributed by atoms with van der Waals surface area (Å²) in [6.45, 7) is 0.325. The molecule has 0 atom stereocenters. The van der Waals surface area contributed by atoms with Gasteiger partial charge in [-0.3, -0.25) is 13.9 Å². The van der Waals surface area contributed by atoms with Crippen molar-refractivity contribution < 1.29 is 4.79 Å². The zero-order valence-electron chi connectivity index (χ0n) is 13.3. The largest absolute Gasteiger partial charge is 0.398 e. The van der Waals surface area contributed by atoms with E-state index in [1.807, 2.05) is 36.4 Å². The van der Waals surface area contributed by atoms with E-state index in [-0.39, 0.29) is 11.6 Å². The highest BCUT2D eigenvalue weighted by molar-refractivity contribution is 6.03. The van der Waals surface area contributed by atoms with Gasteiger partial charge in [0.15, 0.2) is 0 Å². The lowest BCUT2D eigenvalue weighted by molar-refractivity contribution is 0.0956. The molecule has 2 heterocycles. The SMILES string of the molecule is Nc1cccc2c1ccn2C(=O)c1c[nH]c(=O)n1Cc1ccccc1. The van der Waals surface area contributed by atoms with Gasteiger partial charge in [0.1, 0.15) is 5.69 Å². The number of hydrogen-bond donors (Lipinski definition) is 2. The van der Waals surface area contributed by atoms with Gasteiger partial charge in [-0.1, -0.05) is 36.4 Å². The number of imidazole rings is 1. The van der Waals surface area contributed by atoms with Crippen LogP contribution in [0, 0.1) is 0 Å². The quantitative estimate of drug-likeness (QED) is 0.565. The molecule has 0 aliphatic heterocycles. The summed E-state index contributed by atoms with van der Waals surface area (Å²) in [5.41, 5.74) is 8.21. The molecule has 0 unspecified atom stereocenters. The summed E-state index contributed by atoms with van der Waals surface area (Å²) in [7, 11) is 0. The van der Waals surface area contributed by atoms with Crippen molar-refractivity contribution in [3.8, 4) is 0 Å². The van der Waals surface area contributed by atoms with Crippen LogP contribution in [0.4, 0.5) is 5.69 Å². The molecular weight excluding hydrogens is 316 g/mol. The maximum Gasteiger partial charge on any atom is 0.326 e. The molecule has 6 nitrogen and oxygen atoms in total. The van der Waals surface area contributed by atoms with E-state index >= 15 is 0 Å². The summed E-state index contributed by atoms with van der Waals surface area (Å²) in [6, 6.07) is 16.8. The van der Waals surface area contributed by atoms with Crippen molar-refractivity contribution in [2.24, 2.45) is 0 Å². The highest BCUT2D eigenvalue weighted by Crippen LogP contribution is 2.22. The van der Waals surface area contributed by atoms with E-state index in [0.717, 1.165) is 10.9 Å². The number of carbonyl (C=O) groups excluding carboxylic acids is 1. The number of anilines is 1. The summed E-state index contributed by atoms with van der Waals surface area (Å²) in [5, 5.41) is 0.809. The second-order valence-corrected chi connectivity index (χ2v) is 5.82. The maximum absolute atomic E-state index is 13.0. The Kier molecular flexibility index (Phi) is 3.50. The van der Waals surface area contributed by atoms with Crippen LogP contribution in [-0.2, 0) is 6.54 Å². The maximum atomic E-state index is 13.0. The average Bonchev–Trinajstić information content (AvgIpc) is 3.21. The standard InChI is InChI=1S/C19H16N4O2/c20-15-7-4-8-16-14(15)9-10-22(16)18(24)17-11-21-19(25)23(17)12-13-5-2-1-3-6-13/h1-11H,12,20H2,(H,21,25). The van der Waals surface area contributed by atoms with Crippen LogP contribution in [0.1, 0.15) is 16.1 Å². The minimum absolute atomic E-state index is 0.283. The highest BCUT2D eigenvalue weighted by atomic mass is 16.2. The van der Waals surface area contributed by atoms with E-state index in [0.29, 0.717) is 23.4 Å². The lowest BCUT2D eigenvalue weighted by Gasteiger charge is -2.08. The van der Waals surface area contributed by atoms with E-state index in [4.69, 9.17) is 5.73 Å². The number of nitrogens with zero attached hydrogens (tertiary/aromatic N) is 2. The Balaban J connectivity index is 1.78. The fraction of sp³-hybridized carbons (Fsp3) is 0.0526. The first-order valence-electron chi connectivity index (χ1n) is 7.87. The summed E-state index contributed by atoms with van der Waals surface area (Å²) in [6.07, 6.45) is 3.12. The molecule has 0 radical (unpaired) electrons. The number of hydrogen-bond acceptors (Lipinski definition) is 3. The fourth-order valence-corrected chi connectivity index (χ4v) is 2.99. The molecule has 124 valence electrons. The number of H-pyrrole nitrogens is 1.